The van der Waals surface area contributed by atoms with Gasteiger partial charge in [-0.15, -0.1) is 0 Å². The van der Waals surface area contributed by atoms with E-state index in [1.165, 1.54) is 6.42 Å². The normalized spacial score (nSPS) is 24.7. The van der Waals surface area contributed by atoms with E-state index in [0.717, 1.165) is 17.7 Å². The fourth-order valence-corrected chi connectivity index (χ4v) is 2.74. The molecule has 17 heavy (non-hydrogen) atoms. The summed E-state index contributed by atoms with van der Waals surface area (Å²) in [5.41, 5.74) is 8.97. The first-order valence-corrected chi connectivity index (χ1v) is 5.94. The third-order valence-electron chi connectivity index (χ3n) is 3.52. The van der Waals surface area contributed by atoms with E-state index in [1.54, 1.807) is 0 Å². The van der Waals surface area contributed by atoms with Crippen molar-refractivity contribution in [2.45, 2.75) is 26.3 Å². The molecule has 90 valence electrons. The maximum Gasteiger partial charge on any atom is 0.160 e. The van der Waals surface area contributed by atoms with Crippen molar-refractivity contribution in [1.29, 1.82) is 0 Å². The largest absolute Gasteiger partial charge is 0.397 e. The molecule has 0 radical (unpaired) electrons. The van der Waals surface area contributed by atoms with E-state index >= 15 is 0 Å². The van der Waals surface area contributed by atoms with Gasteiger partial charge in [-0.3, -0.25) is 0 Å². The maximum absolute atomic E-state index is 5.85. The Morgan fingerprint density at radius 2 is 2.06 bits per heavy atom. The van der Waals surface area contributed by atoms with E-state index in [1.807, 2.05) is 12.1 Å². The van der Waals surface area contributed by atoms with Gasteiger partial charge in [-0.25, -0.2) is 4.63 Å². The van der Waals surface area contributed by atoms with Crippen LogP contribution in [-0.4, -0.2) is 22.9 Å². The van der Waals surface area contributed by atoms with Crippen LogP contribution in [0.2, 0.25) is 0 Å². The zero-order chi connectivity index (χ0) is 12.0. The number of aromatic nitrogens is 2. The minimum atomic E-state index is 0.522. The fraction of sp³-hybridized carbons (Fsp3) is 0.500. The Bertz CT molecular complexity index is 550. The molecule has 0 spiro atoms. The van der Waals surface area contributed by atoms with Crippen molar-refractivity contribution in [2.24, 2.45) is 5.92 Å². The van der Waals surface area contributed by atoms with Crippen LogP contribution < -0.4 is 10.6 Å². The van der Waals surface area contributed by atoms with Gasteiger partial charge in [0.1, 0.15) is 0 Å². The SMILES string of the molecule is CC1CC(C)N(c2ccc(N)c3nonc23)C1. The molecule has 2 N–H and O–H groups in total. The van der Waals surface area contributed by atoms with Crippen LogP contribution in [0.3, 0.4) is 0 Å². The number of fused-ring (bicyclic) bond motifs is 1. The Kier molecular flexibility index (Phi) is 2.21. The van der Waals surface area contributed by atoms with E-state index in [9.17, 15) is 0 Å². The molecule has 1 fully saturated rings. The van der Waals surface area contributed by atoms with Crippen LogP contribution in [0, 0.1) is 5.92 Å². The number of nitrogens with zero attached hydrogens (tertiary/aromatic N) is 3. The van der Waals surface area contributed by atoms with Crippen LogP contribution in [-0.2, 0) is 0 Å². The number of rotatable bonds is 1. The molecule has 0 amide bonds. The molecule has 5 heteroatoms. The predicted octanol–water partition coefficient (Wildman–Crippen LogP) is 2.04. The molecule has 1 saturated heterocycles. The monoisotopic (exact) mass is 232 g/mol. The molecule has 5 nitrogen and oxygen atoms in total. The van der Waals surface area contributed by atoms with E-state index in [-0.39, 0.29) is 0 Å². The molecular weight excluding hydrogens is 216 g/mol. The van der Waals surface area contributed by atoms with Crippen LogP contribution in [0.4, 0.5) is 11.4 Å². The van der Waals surface area contributed by atoms with Crippen LogP contribution >= 0.6 is 0 Å². The third kappa shape index (κ3) is 1.53. The van der Waals surface area contributed by atoms with Crippen molar-refractivity contribution in [3.8, 4) is 0 Å². The van der Waals surface area contributed by atoms with Crippen LogP contribution in [0.1, 0.15) is 20.3 Å². The average molecular weight is 232 g/mol. The van der Waals surface area contributed by atoms with Gasteiger partial charge in [0.05, 0.1) is 11.4 Å². The van der Waals surface area contributed by atoms with Gasteiger partial charge >= 0.3 is 0 Å². The first-order chi connectivity index (χ1) is 8.16. The van der Waals surface area contributed by atoms with Crippen molar-refractivity contribution in [3.05, 3.63) is 12.1 Å². The van der Waals surface area contributed by atoms with Crippen LogP contribution in [0.5, 0.6) is 0 Å². The van der Waals surface area contributed by atoms with E-state index in [2.05, 4.69) is 29.1 Å². The zero-order valence-corrected chi connectivity index (χ0v) is 10.1. The Morgan fingerprint density at radius 3 is 2.76 bits per heavy atom. The highest BCUT2D eigenvalue weighted by Crippen LogP contribution is 2.34. The molecule has 2 unspecified atom stereocenters. The lowest BCUT2D eigenvalue weighted by Crippen LogP contribution is -2.26. The third-order valence-corrected chi connectivity index (χ3v) is 3.52. The lowest BCUT2D eigenvalue weighted by atomic mass is 10.1. The van der Waals surface area contributed by atoms with Crippen molar-refractivity contribution in [3.63, 3.8) is 0 Å². The molecule has 2 aromatic rings. The summed E-state index contributed by atoms with van der Waals surface area (Å²) in [5, 5.41) is 7.83. The molecule has 1 aromatic carbocycles. The van der Waals surface area contributed by atoms with Crippen molar-refractivity contribution < 1.29 is 4.63 Å². The predicted molar refractivity (Wildman–Crippen MR) is 66.8 cm³/mol. The quantitative estimate of drug-likeness (QED) is 0.762. The summed E-state index contributed by atoms with van der Waals surface area (Å²) in [4.78, 5) is 2.36. The molecule has 0 bridgehead atoms. The topological polar surface area (TPSA) is 68.2 Å². The summed E-state index contributed by atoms with van der Waals surface area (Å²) in [5.74, 6) is 0.706. The summed E-state index contributed by atoms with van der Waals surface area (Å²) in [7, 11) is 0. The van der Waals surface area contributed by atoms with E-state index in [4.69, 9.17) is 10.4 Å². The van der Waals surface area contributed by atoms with Gasteiger partial charge in [0.15, 0.2) is 11.0 Å². The minimum absolute atomic E-state index is 0.522. The molecule has 1 aliphatic rings. The van der Waals surface area contributed by atoms with Crippen LogP contribution in [0.15, 0.2) is 16.8 Å². The smallest absolute Gasteiger partial charge is 0.160 e. The lowest BCUT2D eigenvalue weighted by Gasteiger charge is -2.23. The van der Waals surface area contributed by atoms with E-state index in [0.29, 0.717) is 23.2 Å². The number of hydrogen-bond acceptors (Lipinski definition) is 5. The Labute approximate surface area is 99.5 Å². The van der Waals surface area contributed by atoms with Crippen LogP contribution in [0.25, 0.3) is 11.0 Å². The fourth-order valence-electron chi connectivity index (χ4n) is 2.74. The van der Waals surface area contributed by atoms with Gasteiger partial charge in [-0.1, -0.05) is 6.92 Å². The Morgan fingerprint density at radius 1 is 1.29 bits per heavy atom. The standard InChI is InChI=1S/C12H16N4O/c1-7-5-8(2)16(6-7)10-4-3-9(13)11-12(10)15-17-14-11/h3-4,7-8H,5-6,13H2,1-2H3. The first-order valence-electron chi connectivity index (χ1n) is 5.94. The second kappa shape index (κ2) is 3.61. The van der Waals surface area contributed by atoms with Gasteiger partial charge in [0.2, 0.25) is 0 Å². The van der Waals surface area contributed by atoms with Gasteiger partial charge in [-0.2, -0.15) is 0 Å². The highest BCUT2D eigenvalue weighted by Gasteiger charge is 2.28. The second-order valence-corrected chi connectivity index (χ2v) is 4.98. The summed E-state index contributed by atoms with van der Waals surface area (Å²) in [6, 6.07) is 4.40. The van der Waals surface area contributed by atoms with Gasteiger partial charge < -0.3 is 10.6 Å². The average Bonchev–Trinajstić information content (AvgIpc) is 2.87. The summed E-state index contributed by atoms with van der Waals surface area (Å²) < 4.78 is 4.80. The number of anilines is 2. The summed E-state index contributed by atoms with van der Waals surface area (Å²) in [6.45, 7) is 5.55. The molecule has 2 heterocycles. The van der Waals surface area contributed by atoms with Gasteiger partial charge in [-0.05, 0) is 41.7 Å². The number of nitrogens with two attached hydrogens (primary N) is 1. The summed E-state index contributed by atoms with van der Waals surface area (Å²) >= 11 is 0. The van der Waals surface area contributed by atoms with Gasteiger partial charge in [0.25, 0.3) is 0 Å². The Balaban J connectivity index is 2.12. The molecule has 2 atom stereocenters. The van der Waals surface area contributed by atoms with Crippen molar-refractivity contribution in [1.82, 2.24) is 10.3 Å². The highest BCUT2D eigenvalue weighted by atomic mass is 16.6. The molecule has 1 aliphatic heterocycles. The molecule has 3 rings (SSSR count). The van der Waals surface area contributed by atoms with Crippen molar-refractivity contribution >= 4 is 22.4 Å². The maximum atomic E-state index is 5.85. The molecule has 0 saturated carbocycles. The molecule has 0 aliphatic carbocycles. The summed E-state index contributed by atoms with van der Waals surface area (Å²) in [6.07, 6.45) is 1.21. The van der Waals surface area contributed by atoms with Gasteiger partial charge in [0, 0.05) is 12.6 Å². The Hall–Kier alpha value is -1.78. The minimum Gasteiger partial charge on any atom is -0.397 e. The molecule has 1 aromatic heterocycles. The zero-order valence-electron chi connectivity index (χ0n) is 10.1. The van der Waals surface area contributed by atoms with Crippen molar-refractivity contribution in [2.75, 3.05) is 17.2 Å². The number of benzene rings is 1. The number of nitrogen functional groups attached to an aromatic ring is 1. The second-order valence-electron chi connectivity index (χ2n) is 4.98. The first kappa shape index (κ1) is 10.4. The number of hydrogen-bond donors (Lipinski definition) is 1. The molecular formula is C12H16N4O. The lowest BCUT2D eigenvalue weighted by molar-refractivity contribution is 0.315. The van der Waals surface area contributed by atoms with E-state index < -0.39 is 0 Å². The highest BCUT2D eigenvalue weighted by molar-refractivity contribution is 5.95.